The highest BCUT2D eigenvalue weighted by Crippen LogP contribution is 2.45. The third kappa shape index (κ3) is 2.12. The van der Waals surface area contributed by atoms with Gasteiger partial charge in [-0.15, -0.1) is 0 Å². The number of hydrogen-bond donors (Lipinski definition) is 0. The number of hydrogen-bond acceptors (Lipinski definition) is 0. The molecule has 1 rings (SSSR count). The van der Waals surface area contributed by atoms with E-state index in [2.05, 4.69) is 0 Å². The Kier molecular flexibility index (Phi) is 3.33. The van der Waals surface area contributed by atoms with Gasteiger partial charge in [0.25, 0.3) is 0 Å². The van der Waals surface area contributed by atoms with Crippen LogP contribution in [0.25, 0.3) is 0 Å². The quantitative estimate of drug-likeness (QED) is 0.496. The Morgan fingerprint density at radius 3 is 1.87 bits per heavy atom. The number of alkyl halides is 3. The maximum atomic E-state index is 13.2. The van der Waals surface area contributed by atoms with Gasteiger partial charge in [0.05, 0.1) is 0 Å². The summed E-state index contributed by atoms with van der Waals surface area (Å²) in [6, 6.07) is 0. The Balaban J connectivity index is 3.68. The van der Waals surface area contributed by atoms with E-state index < -0.39 is 38.1 Å². The Morgan fingerprint density at radius 2 is 1.47 bits per heavy atom. The van der Waals surface area contributed by atoms with Crippen LogP contribution in [0, 0.1) is 24.4 Å². The van der Waals surface area contributed by atoms with Crippen molar-refractivity contribution in [3.63, 3.8) is 0 Å². The maximum absolute atomic E-state index is 13.2. The minimum Gasteiger partial charge on any atom is -0.286 e. The summed E-state index contributed by atoms with van der Waals surface area (Å²) in [4.78, 5) is 0. The van der Waals surface area contributed by atoms with E-state index in [4.69, 9.17) is 34.8 Å². The fourth-order valence-electron chi connectivity index (χ4n) is 1.09. The molecule has 1 nitrogen and oxygen atoms in total. The van der Waals surface area contributed by atoms with Crippen molar-refractivity contribution in [2.24, 2.45) is 0 Å². The van der Waals surface area contributed by atoms with Crippen LogP contribution in [0.5, 0.6) is 5.75 Å². The first kappa shape index (κ1) is 12.7. The van der Waals surface area contributed by atoms with Gasteiger partial charge in [-0.25, -0.2) is 8.78 Å². The molecule has 7 heteroatoms. The summed E-state index contributed by atoms with van der Waals surface area (Å²) in [5.74, 6) is -6.74. The molecule has 0 bridgehead atoms. The minimum atomic E-state index is -2.32. The Hall–Kier alpha value is -0.320. The number of benzene rings is 1. The molecule has 15 heavy (non-hydrogen) atoms. The van der Waals surface area contributed by atoms with Gasteiger partial charge in [0.1, 0.15) is 0 Å². The summed E-state index contributed by atoms with van der Waals surface area (Å²) in [6.45, 7) is 1.05. The van der Waals surface area contributed by atoms with Crippen LogP contribution in [0.15, 0.2) is 0 Å². The smallest absolute Gasteiger partial charge is 0.220 e. The van der Waals surface area contributed by atoms with Crippen LogP contribution < -0.4 is 0 Å². The molecule has 0 saturated carbocycles. The summed E-state index contributed by atoms with van der Waals surface area (Å²) in [5, 5.41) is 11.1. The largest absolute Gasteiger partial charge is 0.286 e. The lowest BCUT2D eigenvalue weighted by atomic mass is 10.1. The first-order valence-electron chi connectivity index (χ1n) is 3.59. The second kappa shape index (κ2) is 3.92. The molecule has 83 valence electrons. The Morgan fingerprint density at radius 1 is 1.00 bits per heavy atom. The molecule has 0 N–H and O–H groups in total. The van der Waals surface area contributed by atoms with E-state index in [1.807, 2.05) is 0 Å². The fraction of sp³-hybridized carbons (Fsp3) is 0.250. The van der Waals surface area contributed by atoms with Gasteiger partial charge in [-0.1, -0.05) is 34.8 Å². The zero-order chi connectivity index (χ0) is 12.0. The number of halogens is 6. The van der Waals surface area contributed by atoms with E-state index in [-0.39, 0.29) is 0 Å². The molecule has 1 radical (unpaired) electrons. The van der Waals surface area contributed by atoms with E-state index in [9.17, 15) is 18.3 Å². The van der Waals surface area contributed by atoms with Crippen molar-refractivity contribution < 1.29 is 18.3 Å². The lowest BCUT2D eigenvalue weighted by molar-refractivity contribution is 0.309. The van der Waals surface area contributed by atoms with Crippen molar-refractivity contribution in [3.8, 4) is 5.75 Å². The molecular formula is C8H3Cl3F3O. The van der Waals surface area contributed by atoms with Crippen molar-refractivity contribution >= 4 is 34.8 Å². The first-order valence-corrected chi connectivity index (χ1v) is 4.72. The van der Waals surface area contributed by atoms with E-state index >= 15 is 0 Å². The number of rotatable bonds is 0. The van der Waals surface area contributed by atoms with Gasteiger partial charge < -0.3 is 0 Å². The van der Waals surface area contributed by atoms with Crippen LogP contribution >= 0.6 is 34.8 Å². The average molecular weight is 278 g/mol. The Labute approximate surface area is 98.4 Å². The first-order chi connectivity index (χ1) is 6.68. The van der Waals surface area contributed by atoms with Gasteiger partial charge in [-0.05, 0) is 6.92 Å². The van der Waals surface area contributed by atoms with Crippen molar-refractivity contribution in [2.75, 3.05) is 0 Å². The summed E-state index contributed by atoms with van der Waals surface area (Å²) in [7, 11) is 0. The third-order valence-electron chi connectivity index (χ3n) is 1.80. The predicted molar refractivity (Wildman–Crippen MR) is 50.4 cm³/mol. The van der Waals surface area contributed by atoms with Gasteiger partial charge in [0, 0.05) is 11.1 Å². The molecule has 1 aromatic carbocycles. The average Bonchev–Trinajstić information content (AvgIpc) is 2.09. The molecule has 0 fully saturated rings. The summed E-state index contributed by atoms with van der Waals surface area (Å²) < 4.78 is 36.5. The van der Waals surface area contributed by atoms with E-state index in [0.29, 0.717) is 0 Å². The van der Waals surface area contributed by atoms with Crippen LogP contribution in [0.4, 0.5) is 13.2 Å². The highest BCUT2D eigenvalue weighted by Gasteiger charge is 2.35. The highest BCUT2D eigenvalue weighted by atomic mass is 35.6. The van der Waals surface area contributed by atoms with Crippen LogP contribution in [-0.4, -0.2) is 0 Å². The summed E-state index contributed by atoms with van der Waals surface area (Å²) >= 11 is 16.0. The monoisotopic (exact) mass is 277 g/mol. The lowest BCUT2D eigenvalue weighted by Crippen LogP contribution is -2.10. The standard InChI is InChI=1S/C8H3Cl3F3O/c1-2-3(8(9,10)11)4(12)5(13)6(14)7(2)15/h1H3. The molecule has 0 heterocycles. The normalized spacial score (nSPS) is 11.9. The molecule has 0 aliphatic rings. The molecule has 0 atom stereocenters. The topological polar surface area (TPSA) is 19.9 Å². The molecule has 1 aromatic rings. The van der Waals surface area contributed by atoms with Crippen molar-refractivity contribution in [1.82, 2.24) is 0 Å². The molecule has 0 unspecified atom stereocenters. The van der Waals surface area contributed by atoms with Gasteiger partial charge in [-0.2, -0.15) is 4.39 Å². The van der Waals surface area contributed by atoms with Crippen molar-refractivity contribution in [2.45, 2.75) is 10.7 Å². The molecule has 0 amide bonds. The molecule has 0 aromatic heterocycles. The Bertz CT molecular complexity index is 386. The zero-order valence-electron chi connectivity index (χ0n) is 7.18. The summed E-state index contributed by atoms with van der Waals surface area (Å²) in [6.07, 6.45) is 0. The maximum Gasteiger partial charge on any atom is 0.220 e. The molecule has 0 saturated heterocycles. The van der Waals surface area contributed by atoms with E-state index in [0.717, 1.165) is 6.92 Å². The molecule has 0 aliphatic carbocycles. The molecule has 0 spiro atoms. The van der Waals surface area contributed by atoms with Crippen molar-refractivity contribution in [1.29, 1.82) is 0 Å². The van der Waals surface area contributed by atoms with Gasteiger partial charge in [0.15, 0.2) is 11.6 Å². The van der Waals surface area contributed by atoms with Crippen LogP contribution in [0.3, 0.4) is 0 Å². The van der Waals surface area contributed by atoms with Gasteiger partial charge in [0.2, 0.25) is 15.4 Å². The van der Waals surface area contributed by atoms with Gasteiger partial charge >= 0.3 is 0 Å². The van der Waals surface area contributed by atoms with Crippen LogP contribution in [-0.2, 0) is 8.90 Å². The van der Waals surface area contributed by atoms with Gasteiger partial charge in [-0.3, -0.25) is 5.11 Å². The van der Waals surface area contributed by atoms with Crippen LogP contribution in [0.2, 0.25) is 0 Å². The highest BCUT2D eigenvalue weighted by molar-refractivity contribution is 6.66. The zero-order valence-corrected chi connectivity index (χ0v) is 9.44. The third-order valence-corrected chi connectivity index (χ3v) is 2.37. The van der Waals surface area contributed by atoms with Crippen molar-refractivity contribution in [3.05, 3.63) is 28.6 Å². The minimum absolute atomic E-state index is 0.466. The molecule has 0 aliphatic heterocycles. The molecular weight excluding hydrogens is 275 g/mol. The fourth-order valence-corrected chi connectivity index (χ4v) is 1.76. The SMILES string of the molecule is Cc1c([O])c(F)c(F)c(F)c1C(Cl)(Cl)Cl. The predicted octanol–water partition coefficient (Wildman–Crippen LogP) is 4.38. The van der Waals surface area contributed by atoms with E-state index in [1.165, 1.54) is 0 Å². The van der Waals surface area contributed by atoms with Crippen LogP contribution in [0.1, 0.15) is 11.1 Å². The lowest BCUT2D eigenvalue weighted by Gasteiger charge is -2.16. The van der Waals surface area contributed by atoms with E-state index in [1.54, 1.807) is 0 Å². The second-order valence-corrected chi connectivity index (χ2v) is 5.05. The second-order valence-electron chi connectivity index (χ2n) is 2.77. The summed E-state index contributed by atoms with van der Waals surface area (Å²) in [5.41, 5.74) is -1.23.